The Balaban J connectivity index is 1.78. The minimum absolute atomic E-state index is 0.133. The first-order valence-electron chi connectivity index (χ1n) is 12.1. The van der Waals surface area contributed by atoms with Crippen LogP contribution in [0.15, 0.2) is 30.3 Å². The van der Waals surface area contributed by atoms with E-state index in [0.29, 0.717) is 13.1 Å². The summed E-state index contributed by atoms with van der Waals surface area (Å²) in [6.07, 6.45) is 0.937. The molecule has 1 unspecified atom stereocenters. The zero-order chi connectivity index (χ0) is 25.5. The quantitative estimate of drug-likeness (QED) is 0.584. The van der Waals surface area contributed by atoms with Crippen molar-refractivity contribution in [2.24, 2.45) is 12.5 Å². The normalized spacial score (nSPS) is 16.5. The second kappa shape index (κ2) is 9.41. The second-order valence-electron chi connectivity index (χ2n) is 10.4. The Bertz CT molecular complexity index is 1280. The Labute approximate surface area is 206 Å². The first-order valence-corrected chi connectivity index (χ1v) is 12.1. The fraction of sp³-hybridized carbons (Fsp3) is 0.481. The molecule has 0 bridgehead atoms. The van der Waals surface area contributed by atoms with Crippen molar-refractivity contribution < 1.29 is 14.7 Å². The van der Waals surface area contributed by atoms with E-state index in [1.165, 1.54) is 0 Å². The number of aliphatic carboxylic acids is 1. The molecule has 1 saturated heterocycles. The average molecular weight is 478 g/mol. The molecule has 4 rings (SSSR count). The van der Waals surface area contributed by atoms with Crippen molar-refractivity contribution >= 4 is 22.9 Å². The van der Waals surface area contributed by atoms with Crippen molar-refractivity contribution in [1.29, 1.82) is 0 Å². The number of carboxylic acid groups (broad SMARTS) is 1. The molecule has 1 amide bonds. The molecule has 1 aliphatic heterocycles. The van der Waals surface area contributed by atoms with E-state index in [1.54, 1.807) is 23.4 Å². The molecule has 2 heterocycles. The van der Waals surface area contributed by atoms with Gasteiger partial charge >= 0.3 is 5.97 Å². The molecule has 1 aliphatic rings. The molecule has 0 spiro atoms. The molecule has 1 aromatic heterocycles. The van der Waals surface area contributed by atoms with Gasteiger partial charge in [0, 0.05) is 39.6 Å². The summed E-state index contributed by atoms with van der Waals surface area (Å²) in [7, 11) is 3.71. The average Bonchev–Trinajstić information content (AvgIpc) is 3.10. The molecule has 1 N–H and O–H groups in total. The number of fused-ring (bicyclic) bond motifs is 1. The monoisotopic (exact) mass is 477 g/mol. The molecule has 8 nitrogen and oxygen atoms in total. The first kappa shape index (κ1) is 24.9. The van der Waals surface area contributed by atoms with E-state index >= 15 is 0 Å². The number of carbonyl (C=O) groups excluding carboxylic acids is 1. The van der Waals surface area contributed by atoms with E-state index in [2.05, 4.69) is 34.3 Å². The van der Waals surface area contributed by atoms with Gasteiger partial charge in [0.2, 0.25) is 5.91 Å². The third-order valence-corrected chi connectivity index (χ3v) is 7.52. The number of hydrogen-bond acceptors (Lipinski definition) is 5. The molecule has 3 aromatic rings. The van der Waals surface area contributed by atoms with Crippen LogP contribution in [0.25, 0.3) is 11.0 Å². The lowest BCUT2D eigenvalue weighted by molar-refractivity contribution is -0.147. The van der Waals surface area contributed by atoms with E-state index in [0.717, 1.165) is 58.4 Å². The van der Waals surface area contributed by atoms with Crippen LogP contribution in [0.1, 0.15) is 54.0 Å². The molecule has 8 heteroatoms. The van der Waals surface area contributed by atoms with Crippen molar-refractivity contribution in [2.45, 2.75) is 46.6 Å². The maximum Gasteiger partial charge on any atom is 0.310 e. The van der Waals surface area contributed by atoms with E-state index in [4.69, 9.17) is 0 Å². The van der Waals surface area contributed by atoms with Crippen LogP contribution in [0, 0.1) is 19.3 Å². The van der Waals surface area contributed by atoms with E-state index in [-0.39, 0.29) is 11.8 Å². The zero-order valence-corrected chi connectivity index (χ0v) is 21.5. The molecule has 2 aromatic carbocycles. The number of benzene rings is 2. The number of rotatable bonds is 6. The van der Waals surface area contributed by atoms with Crippen molar-refractivity contribution in [3.63, 3.8) is 0 Å². The van der Waals surface area contributed by atoms with Crippen LogP contribution in [0.5, 0.6) is 0 Å². The Hall–Kier alpha value is -3.26. The third kappa shape index (κ3) is 4.67. The van der Waals surface area contributed by atoms with Gasteiger partial charge in [-0.3, -0.25) is 14.5 Å². The maximum atomic E-state index is 12.5. The molecule has 0 saturated carbocycles. The highest BCUT2D eigenvalue weighted by Crippen LogP contribution is 2.44. The smallest absolute Gasteiger partial charge is 0.310 e. The van der Waals surface area contributed by atoms with Gasteiger partial charge in [0.05, 0.1) is 17.5 Å². The number of amides is 1. The zero-order valence-electron chi connectivity index (χ0n) is 21.5. The topological polar surface area (TPSA) is 91.6 Å². The van der Waals surface area contributed by atoms with Crippen molar-refractivity contribution in [3.8, 4) is 0 Å². The number of aryl methyl sites for hydroxylation is 3. The van der Waals surface area contributed by atoms with Gasteiger partial charge in [-0.25, -0.2) is 4.68 Å². The van der Waals surface area contributed by atoms with Crippen LogP contribution < -0.4 is 0 Å². The van der Waals surface area contributed by atoms with Gasteiger partial charge in [0.15, 0.2) is 0 Å². The molecule has 1 fully saturated rings. The maximum absolute atomic E-state index is 12.5. The van der Waals surface area contributed by atoms with E-state index in [1.807, 2.05) is 39.2 Å². The summed E-state index contributed by atoms with van der Waals surface area (Å²) in [5.41, 5.74) is 5.71. The summed E-state index contributed by atoms with van der Waals surface area (Å²) in [5.74, 6) is -1.11. The Kier molecular flexibility index (Phi) is 6.68. The summed E-state index contributed by atoms with van der Waals surface area (Å²) in [6, 6.07) is 10.2. The number of aromatic nitrogens is 3. The van der Waals surface area contributed by atoms with Crippen molar-refractivity contribution in [2.75, 3.05) is 26.7 Å². The van der Waals surface area contributed by atoms with Crippen LogP contribution in [0.3, 0.4) is 0 Å². The van der Waals surface area contributed by atoms with Crippen LogP contribution in [-0.2, 0) is 23.2 Å². The fourth-order valence-electron chi connectivity index (χ4n) is 5.13. The lowest BCUT2D eigenvalue weighted by Crippen LogP contribution is -2.34. The van der Waals surface area contributed by atoms with Crippen molar-refractivity contribution in [3.05, 3.63) is 58.1 Å². The predicted octanol–water partition coefficient (Wildman–Crippen LogP) is 3.49. The minimum Gasteiger partial charge on any atom is -0.481 e. The van der Waals surface area contributed by atoms with Gasteiger partial charge in [-0.15, -0.1) is 5.10 Å². The standard InChI is InChI=1S/C27H35N5O3/c1-17-8-9-19(14-20(17)15-32-13-7-12-30(5)23(33)16-32)24(27(3,4)26(34)35)21-10-11-22-25(18(21)2)28-29-31(22)6/h8-11,14,24H,7,12-13,15-16H2,1-6H3,(H,34,35). The summed E-state index contributed by atoms with van der Waals surface area (Å²) in [5, 5.41) is 18.7. The van der Waals surface area contributed by atoms with Gasteiger partial charge in [-0.05, 0) is 68.0 Å². The Morgan fingerprint density at radius 3 is 2.60 bits per heavy atom. The highest BCUT2D eigenvalue weighted by molar-refractivity contribution is 5.82. The molecular formula is C27H35N5O3. The number of hydrogen-bond donors (Lipinski definition) is 1. The van der Waals surface area contributed by atoms with Gasteiger partial charge in [-0.1, -0.05) is 29.5 Å². The van der Waals surface area contributed by atoms with Crippen LogP contribution in [-0.4, -0.2) is 68.5 Å². The van der Waals surface area contributed by atoms with Gasteiger partial charge in [0.25, 0.3) is 0 Å². The van der Waals surface area contributed by atoms with Crippen LogP contribution in [0.4, 0.5) is 0 Å². The SMILES string of the molecule is Cc1ccc(C(c2ccc3c(nnn3C)c2C)C(C)(C)C(=O)O)cc1CN1CCCN(C)C(=O)C1. The molecule has 186 valence electrons. The minimum atomic E-state index is -1.06. The highest BCUT2D eigenvalue weighted by atomic mass is 16.4. The summed E-state index contributed by atoms with van der Waals surface area (Å²) in [4.78, 5) is 28.9. The second-order valence-corrected chi connectivity index (χ2v) is 10.4. The molecule has 0 radical (unpaired) electrons. The van der Waals surface area contributed by atoms with Gasteiger partial charge in [-0.2, -0.15) is 0 Å². The number of nitrogens with zero attached hydrogens (tertiary/aromatic N) is 5. The van der Waals surface area contributed by atoms with Gasteiger partial charge in [0.1, 0.15) is 5.52 Å². The molecule has 35 heavy (non-hydrogen) atoms. The Morgan fingerprint density at radius 2 is 1.89 bits per heavy atom. The molecular weight excluding hydrogens is 442 g/mol. The van der Waals surface area contributed by atoms with Gasteiger partial charge < -0.3 is 10.0 Å². The number of likely N-dealkylation sites (N-methyl/N-ethyl adjacent to an activating group) is 1. The highest BCUT2D eigenvalue weighted by Gasteiger charge is 2.40. The van der Waals surface area contributed by atoms with E-state index < -0.39 is 11.4 Å². The predicted molar refractivity (Wildman–Crippen MR) is 135 cm³/mol. The fourth-order valence-corrected chi connectivity index (χ4v) is 5.13. The number of carboxylic acids is 1. The largest absolute Gasteiger partial charge is 0.481 e. The van der Waals surface area contributed by atoms with Crippen molar-refractivity contribution in [1.82, 2.24) is 24.8 Å². The first-order chi connectivity index (χ1) is 16.5. The summed E-state index contributed by atoms with van der Waals surface area (Å²) < 4.78 is 1.73. The number of carbonyl (C=O) groups is 2. The summed E-state index contributed by atoms with van der Waals surface area (Å²) in [6.45, 7) is 10.3. The third-order valence-electron chi connectivity index (χ3n) is 7.52. The van der Waals surface area contributed by atoms with Crippen LogP contribution >= 0.6 is 0 Å². The Morgan fingerprint density at radius 1 is 1.14 bits per heavy atom. The molecule has 1 atom stereocenters. The van der Waals surface area contributed by atoms with Crippen LogP contribution in [0.2, 0.25) is 0 Å². The lowest BCUT2D eigenvalue weighted by atomic mass is 9.69. The summed E-state index contributed by atoms with van der Waals surface area (Å²) >= 11 is 0. The molecule has 0 aliphatic carbocycles. The lowest BCUT2D eigenvalue weighted by Gasteiger charge is -2.33. The van der Waals surface area contributed by atoms with E-state index in [9.17, 15) is 14.7 Å².